The molecule has 0 bridgehead atoms. The van der Waals surface area contributed by atoms with Crippen LogP contribution < -0.4 is 14.8 Å². The fraction of sp³-hybridized carbons (Fsp3) is 0.667. The Hall–Kier alpha value is -1.22. The number of hydrogen-bond donors (Lipinski definition) is 1. The van der Waals surface area contributed by atoms with Crippen molar-refractivity contribution in [2.24, 2.45) is 11.8 Å². The Balaban J connectivity index is 1.27. The summed E-state index contributed by atoms with van der Waals surface area (Å²) < 4.78 is 11.8. The fourth-order valence-electron chi connectivity index (χ4n) is 3.87. The maximum absolute atomic E-state index is 6.02. The molecule has 114 valence electrons. The SMILES string of the molecule is c1ccc2c(c1)OCC(CNC1CCCC(C3CC3)C1)O2. The van der Waals surface area contributed by atoms with Gasteiger partial charge >= 0.3 is 0 Å². The maximum Gasteiger partial charge on any atom is 0.161 e. The molecule has 2 saturated carbocycles. The van der Waals surface area contributed by atoms with Gasteiger partial charge in [-0.1, -0.05) is 25.0 Å². The first-order valence-corrected chi connectivity index (χ1v) is 8.50. The van der Waals surface area contributed by atoms with E-state index in [1.807, 2.05) is 24.3 Å². The Labute approximate surface area is 127 Å². The first-order valence-electron chi connectivity index (χ1n) is 8.50. The van der Waals surface area contributed by atoms with Crippen molar-refractivity contribution < 1.29 is 9.47 Å². The molecule has 2 aliphatic carbocycles. The minimum Gasteiger partial charge on any atom is -0.486 e. The Morgan fingerprint density at radius 1 is 1.00 bits per heavy atom. The third kappa shape index (κ3) is 3.18. The molecule has 0 amide bonds. The van der Waals surface area contributed by atoms with Gasteiger partial charge in [0.05, 0.1) is 0 Å². The van der Waals surface area contributed by atoms with Crippen LogP contribution in [0.25, 0.3) is 0 Å². The molecule has 1 aromatic rings. The predicted octanol–water partition coefficient (Wildman–Crippen LogP) is 3.38. The van der Waals surface area contributed by atoms with Gasteiger partial charge in [0.25, 0.3) is 0 Å². The second kappa shape index (κ2) is 5.88. The van der Waals surface area contributed by atoms with Crippen LogP contribution in [0, 0.1) is 11.8 Å². The summed E-state index contributed by atoms with van der Waals surface area (Å²) in [7, 11) is 0. The minimum atomic E-state index is 0.140. The van der Waals surface area contributed by atoms with Crippen LogP contribution in [0.15, 0.2) is 24.3 Å². The van der Waals surface area contributed by atoms with E-state index in [2.05, 4.69) is 5.32 Å². The highest BCUT2D eigenvalue weighted by molar-refractivity contribution is 5.40. The Kier molecular flexibility index (Phi) is 3.76. The van der Waals surface area contributed by atoms with Crippen LogP contribution in [-0.2, 0) is 0 Å². The van der Waals surface area contributed by atoms with Gasteiger partial charge in [-0.15, -0.1) is 0 Å². The van der Waals surface area contributed by atoms with Gasteiger partial charge < -0.3 is 14.8 Å². The van der Waals surface area contributed by atoms with Gasteiger partial charge in [-0.05, 0) is 49.7 Å². The Morgan fingerprint density at radius 2 is 1.86 bits per heavy atom. The zero-order chi connectivity index (χ0) is 14.1. The zero-order valence-electron chi connectivity index (χ0n) is 12.6. The van der Waals surface area contributed by atoms with E-state index in [0.717, 1.165) is 29.9 Å². The van der Waals surface area contributed by atoms with Crippen molar-refractivity contribution in [3.8, 4) is 11.5 Å². The quantitative estimate of drug-likeness (QED) is 0.921. The molecular weight excluding hydrogens is 262 g/mol. The normalized spacial score (nSPS) is 31.9. The molecule has 1 aromatic carbocycles. The number of nitrogens with one attached hydrogen (secondary N) is 1. The van der Waals surface area contributed by atoms with E-state index in [9.17, 15) is 0 Å². The summed E-state index contributed by atoms with van der Waals surface area (Å²) in [6.45, 7) is 1.55. The van der Waals surface area contributed by atoms with Gasteiger partial charge in [-0.2, -0.15) is 0 Å². The fourth-order valence-corrected chi connectivity index (χ4v) is 3.87. The number of ether oxygens (including phenoxy) is 2. The highest BCUT2D eigenvalue weighted by atomic mass is 16.6. The monoisotopic (exact) mass is 287 g/mol. The van der Waals surface area contributed by atoms with Crippen molar-refractivity contribution in [1.29, 1.82) is 0 Å². The van der Waals surface area contributed by atoms with E-state index >= 15 is 0 Å². The summed E-state index contributed by atoms with van der Waals surface area (Å²) in [5.74, 6) is 3.80. The molecule has 3 unspecified atom stereocenters. The van der Waals surface area contributed by atoms with E-state index in [4.69, 9.17) is 9.47 Å². The number of hydrogen-bond acceptors (Lipinski definition) is 3. The molecule has 3 aliphatic rings. The van der Waals surface area contributed by atoms with Crippen LogP contribution >= 0.6 is 0 Å². The summed E-state index contributed by atoms with van der Waals surface area (Å²) in [5, 5.41) is 3.73. The number of para-hydroxylation sites is 2. The summed E-state index contributed by atoms with van der Waals surface area (Å²) in [6, 6.07) is 8.64. The minimum absolute atomic E-state index is 0.140. The van der Waals surface area contributed by atoms with Crippen molar-refractivity contribution in [3.63, 3.8) is 0 Å². The van der Waals surface area contributed by atoms with Crippen LogP contribution in [0.1, 0.15) is 38.5 Å². The van der Waals surface area contributed by atoms with Crippen molar-refractivity contribution in [2.45, 2.75) is 50.7 Å². The Morgan fingerprint density at radius 3 is 2.71 bits per heavy atom. The van der Waals surface area contributed by atoms with Crippen LogP contribution in [0.5, 0.6) is 11.5 Å². The van der Waals surface area contributed by atoms with Gasteiger partial charge in [-0.25, -0.2) is 0 Å². The molecule has 4 rings (SSSR count). The summed E-state index contributed by atoms with van der Waals surface area (Å²) >= 11 is 0. The van der Waals surface area contributed by atoms with Gasteiger partial charge in [0.1, 0.15) is 12.7 Å². The van der Waals surface area contributed by atoms with Crippen molar-refractivity contribution >= 4 is 0 Å². The smallest absolute Gasteiger partial charge is 0.161 e. The molecule has 1 heterocycles. The summed E-state index contributed by atoms with van der Waals surface area (Å²) in [6.07, 6.45) is 8.65. The first-order chi connectivity index (χ1) is 10.4. The molecular formula is C18H25NO2. The van der Waals surface area contributed by atoms with Crippen molar-refractivity contribution in [3.05, 3.63) is 24.3 Å². The summed E-state index contributed by atoms with van der Waals surface area (Å²) in [4.78, 5) is 0. The lowest BCUT2D eigenvalue weighted by Crippen LogP contribution is -2.44. The highest BCUT2D eigenvalue weighted by Gasteiger charge is 2.34. The first kappa shape index (κ1) is 13.4. The van der Waals surface area contributed by atoms with Gasteiger partial charge in [-0.3, -0.25) is 0 Å². The van der Waals surface area contributed by atoms with Gasteiger partial charge in [0.15, 0.2) is 11.5 Å². The second-order valence-corrected chi connectivity index (χ2v) is 6.87. The van der Waals surface area contributed by atoms with E-state index in [-0.39, 0.29) is 6.10 Å². The van der Waals surface area contributed by atoms with Crippen molar-refractivity contribution in [1.82, 2.24) is 5.32 Å². The summed E-state index contributed by atoms with van der Waals surface area (Å²) in [5.41, 5.74) is 0. The topological polar surface area (TPSA) is 30.5 Å². The lowest BCUT2D eigenvalue weighted by Gasteiger charge is -2.32. The number of rotatable bonds is 4. The third-order valence-corrected chi connectivity index (χ3v) is 5.21. The maximum atomic E-state index is 6.02. The largest absolute Gasteiger partial charge is 0.486 e. The van der Waals surface area contributed by atoms with Crippen molar-refractivity contribution in [2.75, 3.05) is 13.2 Å². The molecule has 0 radical (unpaired) electrons. The lowest BCUT2D eigenvalue weighted by atomic mass is 9.82. The van der Waals surface area contributed by atoms with E-state index in [1.54, 1.807) is 0 Å². The predicted molar refractivity (Wildman–Crippen MR) is 82.8 cm³/mol. The van der Waals surface area contributed by atoms with Crippen LogP contribution in [-0.4, -0.2) is 25.3 Å². The highest BCUT2D eigenvalue weighted by Crippen LogP contribution is 2.43. The molecule has 3 nitrogen and oxygen atoms in total. The molecule has 1 aliphatic heterocycles. The third-order valence-electron chi connectivity index (χ3n) is 5.21. The molecule has 3 heteroatoms. The number of benzene rings is 1. The average Bonchev–Trinajstić information content (AvgIpc) is 3.38. The van der Waals surface area contributed by atoms with Crippen LogP contribution in [0.3, 0.4) is 0 Å². The second-order valence-electron chi connectivity index (χ2n) is 6.87. The van der Waals surface area contributed by atoms with E-state index < -0.39 is 0 Å². The molecule has 0 spiro atoms. The number of fused-ring (bicyclic) bond motifs is 1. The Bertz CT molecular complexity index is 486. The van der Waals surface area contributed by atoms with Gasteiger partial charge in [0.2, 0.25) is 0 Å². The van der Waals surface area contributed by atoms with Gasteiger partial charge in [0, 0.05) is 12.6 Å². The molecule has 0 aromatic heterocycles. The molecule has 0 saturated heterocycles. The van der Waals surface area contributed by atoms with Crippen LogP contribution in [0.4, 0.5) is 0 Å². The average molecular weight is 287 g/mol. The molecule has 1 N–H and O–H groups in total. The zero-order valence-corrected chi connectivity index (χ0v) is 12.6. The standard InChI is InChI=1S/C18H25NO2/c1-2-7-18-17(6-1)20-12-16(21-18)11-19-15-5-3-4-14(10-15)13-8-9-13/h1-2,6-7,13-16,19H,3-5,8-12H2. The van der Waals surface area contributed by atoms with E-state index in [0.29, 0.717) is 12.6 Å². The molecule has 2 fully saturated rings. The van der Waals surface area contributed by atoms with Crippen LogP contribution in [0.2, 0.25) is 0 Å². The molecule has 21 heavy (non-hydrogen) atoms. The van der Waals surface area contributed by atoms with E-state index in [1.165, 1.54) is 38.5 Å². The lowest BCUT2D eigenvalue weighted by molar-refractivity contribution is 0.0853. The molecule has 3 atom stereocenters.